The maximum atomic E-state index is 11.8. The van der Waals surface area contributed by atoms with Crippen LogP contribution in [0.3, 0.4) is 0 Å². The summed E-state index contributed by atoms with van der Waals surface area (Å²) >= 11 is 5.97. The van der Waals surface area contributed by atoms with E-state index in [1.807, 2.05) is 6.92 Å². The maximum absolute atomic E-state index is 11.8. The Morgan fingerprint density at radius 2 is 1.94 bits per heavy atom. The van der Waals surface area contributed by atoms with Crippen molar-refractivity contribution in [2.45, 2.75) is 95.5 Å². The van der Waals surface area contributed by atoms with Gasteiger partial charge in [-0.15, -0.1) is 0 Å². The van der Waals surface area contributed by atoms with E-state index in [1.165, 1.54) is 0 Å². The van der Waals surface area contributed by atoms with Crippen molar-refractivity contribution in [1.29, 1.82) is 0 Å². The summed E-state index contributed by atoms with van der Waals surface area (Å²) in [7, 11) is 0. The first-order valence-electron chi connectivity index (χ1n) is 12.6. The number of rotatable bonds is 14. The van der Waals surface area contributed by atoms with Crippen molar-refractivity contribution in [3.05, 3.63) is 29.3 Å². The van der Waals surface area contributed by atoms with Gasteiger partial charge < -0.3 is 25.4 Å². The minimum absolute atomic E-state index is 0.0363. The van der Waals surface area contributed by atoms with E-state index in [4.69, 9.17) is 16.3 Å². The van der Waals surface area contributed by atoms with E-state index >= 15 is 0 Å². The highest BCUT2D eigenvalue weighted by Gasteiger charge is 2.44. The molecule has 6 nitrogen and oxygen atoms in total. The van der Waals surface area contributed by atoms with E-state index in [9.17, 15) is 20.1 Å². The molecule has 0 aromatic heterocycles. The van der Waals surface area contributed by atoms with Gasteiger partial charge in [0, 0.05) is 17.5 Å². The summed E-state index contributed by atoms with van der Waals surface area (Å²) in [4.78, 5) is 11.8. The van der Waals surface area contributed by atoms with Crippen LogP contribution >= 0.6 is 11.6 Å². The average molecular weight is 482 g/mol. The smallest absolute Gasteiger partial charge is 0.220 e. The van der Waals surface area contributed by atoms with Crippen LogP contribution in [0.1, 0.15) is 71.1 Å². The first-order chi connectivity index (χ1) is 15.8. The number of aliphatic hydroxyl groups excluding tert-OH is 3. The van der Waals surface area contributed by atoms with Gasteiger partial charge in [0.1, 0.15) is 12.4 Å². The van der Waals surface area contributed by atoms with Crippen molar-refractivity contribution in [3.63, 3.8) is 0 Å². The fraction of sp³-hybridized carbons (Fsp3) is 0.731. The van der Waals surface area contributed by atoms with Crippen molar-refractivity contribution in [2.24, 2.45) is 17.8 Å². The normalized spacial score (nSPS) is 26.7. The highest BCUT2D eigenvalue weighted by Crippen LogP contribution is 2.42. The minimum atomic E-state index is -0.661. The molecule has 2 fully saturated rings. The molecule has 0 bridgehead atoms. The Labute approximate surface area is 202 Å². The van der Waals surface area contributed by atoms with Crippen LogP contribution in [0.25, 0.3) is 0 Å². The van der Waals surface area contributed by atoms with E-state index in [-0.39, 0.29) is 30.3 Å². The second-order valence-corrected chi connectivity index (χ2v) is 10.5. The Bertz CT molecular complexity index is 743. The number of benzene rings is 1. The van der Waals surface area contributed by atoms with Gasteiger partial charge >= 0.3 is 0 Å². The van der Waals surface area contributed by atoms with Gasteiger partial charge in [-0.2, -0.15) is 0 Å². The second-order valence-electron chi connectivity index (χ2n) is 10.0. The largest absolute Gasteiger partial charge is 0.491 e. The molecule has 2 aliphatic rings. The van der Waals surface area contributed by atoms with E-state index in [1.54, 1.807) is 24.3 Å². The van der Waals surface area contributed by atoms with Crippen molar-refractivity contribution in [2.75, 3.05) is 6.61 Å². The first-order valence-corrected chi connectivity index (χ1v) is 12.9. The first kappa shape index (κ1) is 26.3. The van der Waals surface area contributed by atoms with Crippen LogP contribution in [0.4, 0.5) is 0 Å². The van der Waals surface area contributed by atoms with Crippen LogP contribution < -0.4 is 10.1 Å². The number of unbranched alkanes of at least 4 members (excludes halogenated alkanes) is 3. The van der Waals surface area contributed by atoms with Gasteiger partial charge in [0.25, 0.3) is 0 Å². The number of ether oxygens (including phenoxy) is 1. The molecular weight excluding hydrogens is 442 g/mol. The number of aliphatic hydroxyl groups is 3. The monoisotopic (exact) mass is 481 g/mol. The van der Waals surface area contributed by atoms with E-state index in [0.717, 1.165) is 44.9 Å². The molecule has 6 atom stereocenters. The lowest BCUT2D eigenvalue weighted by Crippen LogP contribution is -2.32. The predicted molar refractivity (Wildman–Crippen MR) is 129 cm³/mol. The number of carbonyl (C=O) groups excluding carboxylic acids is 1. The Kier molecular flexibility index (Phi) is 10.3. The third-order valence-electron chi connectivity index (χ3n) is 7.09. The number of hydrogen-bond donors (Lipinski definition) is 4. The highest BCUT2D eigenvalue weighted by molar-refractivity contribution is 6.30. The molecule has 3 rings (SSSR count). The third-order valence-corrected chi connectivity index (χ3v) is 7.32. The van der Waals surface area contributed by atoms with Crippen LogP contribution in [0.2, 0.25) is 5.02 Å². The molecule has 0 spiro atoms. The Morgan fingerprint density at radius 1 is 1.18 bits per heavy atom. The molecule has 1 aromatic carbocycles. The summed E-state index contributed by atoms with van der Waals surface area (Å²) in [5.41, 5.74) is 0. The molecule has 4 N–H and O–H groups in total. The zero-order valence-electron chi connectivity index (χ0n) is 19.7. The SMILES string of the molecule is CC(CC(O)COc1cccc(Cl)c1)C1C(O)CC(O)C1CCCCCCC(=O)NC1CC1. The lowest BCUT2D eigenvalue weighted by Gasteiger charge is -2.30. The predicted octanol–water partition coefficient (Wildman–Crippen LogP) is 4.08. The maximum Gasteiger partial charge on any atom is 0.220 e. The van der Waals surface area contributed by atoms with Crippen molar-refractivity contribution < 1.29 is 24.9 Å². The van der Waals surface area contributed by atoms with Crippen molar-refractivity contribution in [1.82, 2.24) is 5.32 Å². The Balaban J connectivity index is 1.37. The number of nitrogens with one attached hydrogen (secondary N) is 1. The fourth-order valence-electron chi connectivity index (χ4n) is 5.26. The van der Waals surface area contributed by atoms with Crippen LogP contribution in [-0.2, 0) is 4.79 Å². The summed E-state index contributed by atoms with van der Waals surface area (Å²) < 4.78 is 5.66. The van der Waals surface area contributed by atoms with Crippen LogP contribution in [0.15, 0.2) is 24.3 Å². The van der Waals surface area contributed by atoms with Crippen LogP contribution in [0.5, 0.6) is 5.75 Å². The Hall–Kier alpha value is -1.34. The zero-order chi connectivity index (χ0) is 23.8. The minimum Gasteiger partial charge on any atom is -0.491 e. The van der Waals surface area contributed by atoms with Gasteiger partial charge in [0.15, 0.2) is 0 Å². The molecule has 186 valence electrons. The van der Waals surface area contributed by atoms with Gasteiger partial charge in [-0.25, -0.2) is 0 Å². The fourth-order valence-corrected chi connectivity index (χ4v) is 5.44. The van der Waals surface area contributed by atoms with Gasteiger partial charge in [-0.3, -0.25) is 4.79 Å². The molecule has 6 unspecified atom stereocenters. The summed E-state index contributed by atoms with van der Waals surface area (Å²) in [5.74, 6) is 0.845. The van der Waals surface area contributed by atoms with Gasteiger partial charge in [-0.05, 0) is 74.5 Å². The third kappa shape index (κ3) is 8.75. The lowest BCUT2D eigenvalue weighted by molar-refractivity contribution is -0.121. The lowest BCUT2D eigenvalue weighted by atomic mass is 9.78. The van der Waals surface area contributed by atoms with Gasteiger partial charge in [-0.1, -0.05) is 43.9 Å². The molecule has 1 aromatic rings. The number of hydrogen-bond acceptors (Lipinski definition) is 5. The zero-order valence-corrected chi connectivity index (χ0v) is 20.4. The number of halogens is 1. The summed E-state index contributed by atoms with van der Waals surface area (Å²) in [5, 5.41) is 35.2. The summed E-state index contributed by atoms with van der Waals surface area (Å²) in [6, 6.07) is 7.51. The molecule has 0 radical (unpaired) electrons. The number of carbonyl (C=O) groups is 1. The van der Waals surface area contributed by atoms with Crippen molar-refractivity contribution >= 4 is 17.5 Å². The average Bonchev–Trinajstić information content (AvgIpc) is 3.52. The molecular formula is C26H40ClNO5. The molecule has 1 amide bonds. The molecule has 33 heavy (non-hydrogen) atoms. The van der Waals surface area contributed by atoms with Crippen molar-refractivity contribution in [3.8, 4) is 5.75 Å². The summed E-state index contributed by atoms with van der Waals surface area (Å²) in [6.07, 6.45) is 6.77. The van der Waals surface area contributed by atoms with Gasteiger partial charge in [0.2, 0.25) is 5.91 Å². The van der Waals surface area contributed by atoms with Crippen LogP contribution in [-0.4, -0.2) is 52.2 Å². The molecule has 0 heterocycles. The standard InChI is InChI=1S/C26H40ClNO5/c1-17(13-20(29)16-33-21-8-6-7-18(27)14-21)26-22(23(30)15-24(26)31)9-4-2-3-5-10-25(32)28-19-11-12-19/h6-8,14,17,19-20,22-24,26,29-31H,2-5,9-13,15-16H2,1H3,(H,28,32). The topological polar surface area (TPSA) is 99.0 Å². The molecule has 2 aliphatic carbocycles. The van der Waals surface area contributed by atoms with E-state index in [2.05, 4.69) is 5.32 Å². The second kappa shape index (κ2) is 12.9. The summed E-state index contributed by atoms with van der Waals surface area (Å²) in [6.45, 7) is 2.20. The quantitative estimate of drug-likeness (QED) is 0.300. The molecule has 2 saturated carbocycles. The van der Waals surface area contributed by atoms with Crippen LogP contribution in [0, 0.1) is 17.8 Å². The Morgan fingerprint density at radius 3 is 2.67 bits per heavy atom. The molecule has 0 aliphatic heterocycles. The molecule has 7 heteroatoms. The van der Waals surface area contributed by atoms with E-state index in [0.29, 0.717) is 36.1 Å². The van der Waals surface area contributed by atoms with E-state index < -0.39 is 18.3 Å². The highest BCUT2D eigenvalue weighted by atomic mass is 35.5. The molecule has 0 saturated heterocycles. The number of amides is 1. The van der Waals surface area contributed by atoms with Gasteiger partial charge in [0.05, 0.1) is 18.3 Å².